The SMILES string of the molecule is CC(C)(C)c1ccc(N(c2ccc(-c3cc4ccc(C=O)cc4o3)cc2)c2ccc(C(C)(C)C)cc2)cc1. The minimum absolute atomic E-state index is 0.0957. The summed E-state index contributed by atoms with van der Waals surface area (Å²) in [6, 6.07) is 33.7. The maximum Gasteiger partial charge on any atom is 0.150 e. The van der Waals surface area contributed by atoms with Crippen molar-refractivity contribution >= 4 is 34.3 Å². The highest BCUT2D eigenvalue weighted by Gasteiger charge is 2.18. The zero-order chi connectivity index (χ0) is 27.1. The number of carbonyl (C=O) groups excluding carboxylic acids is 1. The average Bonchev–Trinajstić information content (AvgIpc) is 3.32. The fraction of sp³-hybridized carbons (Fsp3) is 0.229. The Morgan fingerprint density at radius 2 is 1.08 bits per heavy atom. The number of furan rings is 1. The van der Waals surface area contributed by atoms with E-state index < -0.39 is 0 Å². The molecule has 0 atom stereocenters. The number of fused-ring (bicyclic) bond motifs is 1. The molecule has 3 nitrogen and oxygen atoms in total. The van der Waals surface area contributed by atoms with Gasteiger partial charge in [-0.2, -0.15) is 0 Å². The maximum atomic E-state index is 11.2. The molecule has 0 unspecified atom stereocenters. The van der Waals surface area contributed by atoms with E-state index in [-0.39, 0.29) is 10.8 Å². The van der Waals surface area contributed by atoms with Crippen LogP contribution in [0.4, 0.5) is 17.1 Å². The second-order valence-corrected chi connectivity index (χ2v) is 12.0. The Bertz CT molecular complexity index is 1500. The van der Waals surface area contributed by atoms with Crippen LogP contribution in [0.25, 0.3) is 22.3 Å². The topological polar surface area (TPSA) is 33.5 Å². The lowest BCUT2D eigenvalue weighted by molar-refractivity contribution is 0.112. The molecule has 0 N–H and O–H groups in total. The van der Waals surface area contributed by atoms with E-state index in [0.29, 0.717) is 11.1 Å². The van der Waals surface area contributed by atoms with Gasteiger partial charge in [0.25, 0.3) is 0 Å². The molecule has 3 heteroatoms. The molecule has 0 saturated carbocycles. The lowest BCUT2D eigenvalue weighted by Crippen LogP contribution is -2.14. The molecule has 5 aromatic rings. The smallest absolute Gasteiger partial charge is 0.150 e. The first-order valence-corrected chi connectivity index (χ1v) is 13.1. The van der Waals surface area contributed by atoms with Gasteiger partial charge in [0.15, 0.2) is 0 Å². The first kappa shape index (κ1) is 25.5. The molecule has 192 valence electrons. The van der Waals surface area contributed by atoms with E-state index in [1.54, 1.807) is 6.07 Å². The van der Waals surface area contributed by atoms with Gasteiger partial charge in [-0.25, -0.2) is 0 Å². The molecular weight excluding hydrogens is 466 g/mol. The number of carbonyl (C=O) groups is 1. The van der Waals surface area contributed by atoms with Gasteiger partial charge in [0.1, 0.15) is 17.6 Å². The van der Waals surface area contributed by atoms with E-state index in [9.17, 15) is 4.79 Å². The highest BCUT2D eigenvalue weighted by Crippen LogP contribution is 2.38. The number of benzene rings is 4. The molecule has 5 rings (SSSR count). The molecule has 1 heterocycles. The van der Waals surface area contributed by atoms with Crippen molar-refractivity contribution in [3.05, 3.63) is 114 Å². The third-order valence-electron chi connectivity index (χ3n) is 7.07. The second-order valence-electron chi connectivity index (χ2n) is 12.0. The molecule has 0 amide bonds. The van der Waals surface area contributed by atoms with Gasteiger partial charge in [0.05, 0.1) is 0 Å². The van der Waals surface area contributed by atoms with Gasteiger partial charge in [-0.3, -0.25) is 4.79 Å². The Labute approximate surface area is 225 Å². The van der Waals surface area contributed by atoms with Crippen LogP contribution in [0.5, 0.6) is 0 Å². The van der Waals surface area contributed by atoms with Crippen molar-refractivity contribution in [2.75, 3.05) is 4.90 Å². The Kier molecular flexibility index (Phi) is 6.48. The van der Waals surface area contributed by atoms with E-state index in [1.165, 1.54) is 11.1 Å². The minimum atomic E-state index is 0.0957. The molecule has 4 aromatic carbocycles. The molecule has 1 aromatic heterocycles. The number of hydrogen-bond donors (Lipinski definition) is 0. The predicted octanol–water partition coefficient (Wildman–Crippen LogP) is 9.98. The fourth-order valence-corrected chi connectivity index (χ4v) is 4.71. The summed E-state index contributed by atoms with van der Waals surface area (Å²) in [5, 5.41) is 0.981. The molecule has 0 aliphatic carbocycles. The second kappa shape index (κ2) is 9.64. The van der Waals surface area contributed by atoms with Crippen molar-refractivity contribution in [2.45, 2.75) is 52.4 Å². The van der Waals surface area contributed by atoms with Crippen LogP contribution >= 0.6 is 0 Å². The Hall–Kier alpha value is -4.11. The van der Waals surface area contributed by atoms with Crippen molar-refractivity contribution in [2.24, 2.45) is 0 Å². The van der Waals surface area contributed by atoms with Gasteiger partial charge in [0.2, 0.25) is 0 Å². The third kappa shape index (κ3) is 5.15. The minimum Gasteiger partial charge on any atom is -0.456 e. The molecule has 0 spiro atoms. The van der Waals surface area contributed by atoms with Crippen molar-refractivity contribution in [1.82, 2.24) is 0 Å². The largest absolute Gasteiger partial charge is 0.456 e. The summed E-state index contributed by atoms with van der Waals surface area (Å²) in [5.74, 6) is 0.783. The zero-order valence-electron chi connectivity index (χ0n) is 23.1. The Morgan fingerprint density at radius 1 is 0.605 bits per heavy atom. The van der Waals surface area contributed by atoms with Crippen LogP contribution < -0.4 is 4.90 Å². The summed E-state index contributed by atoms with van der Waals surface area (Å²) in [6.45, 7) is 13.4. The van der Waals surface area contributed by atoms with Gasteiger partial charge >= 0.3 is 0 Å². The molecule has 38 heavy (non-hydrogen) atoms. The van der Waals surface area contributed by atoms with Crippen LogP contribution in [0, 0.1) is 0 Å². The number of nitrogens with zero attached hydrogens (tertiary/aromatic N) is 1. The average molecular weight is 502 g/mol. The van der Waals surface area contributed by atoms with Crippen LogP contribution in [-0.4, -0.2) is 6.29 Å². The van der Waals surface area contributed by atoms with Gasteiger partial charge in [0, 0.05) is 33.6 Å². The number of anilines is 3. The van der Waals surface area contributed by atoms with Crippen molar-refractivity contribution in [3.63, 3.8) is 0 Å². The maximum absolute atomic E-state index is 11.2. The monoisotopic (exact) mass is 501 g/mol. The molecule has 0 fully saturated rings. The van der Waals surface area contributed by atoms with Crippen LogP contribution in [-0.2, 0) is 10.8 Å². The van der Waals surface area contributed by atoms with E-state index in [0.717, 1.165) is 40.1 Å². The molecule has 0 aliphatic rings. The van der Waals surface area contributed by atoms with Crippen molar-refractivity contribution < 1.29 is 9.21 Å². The number of aldehydes is 1. The normalized spacial score (nSPS) is 12.1. The van der Waals surface area contributed by atoms with E-state index >= 15 is 0 Å². The van der Waals surface area contributed by atoms with Gasteiger partial charge in [-0.1, -0.05) is 77.9 Å². The third-order valence-corrected chi connectivity index (χ3v) is 7.07. The lowest BCUT2D eigenvalue weighted by Gasteiger charge is -2.28. The summed E-state index contributed by atoms with van der Waals surface area (Å²) in [5.41, 5.74) is 8.41. The fourth-order valence-electron chi connectivity index (χ4n) is 4.71. The summed E-state index contributed by atoms with van der Waals surface area (Å²) in [7, 11) is 0. The number of rotatable bonds is 5. The van der Waals surface area contributed by atoms with Crippen molar-refractivity contribution in [3.8, 4) is 11.3 Å². The highest BCUT2D eigenvalue weighted by atomic mass is 16.3. The van der Waals surface area contributed by atoms with Crippen molar-refractivity contribution in [1.29, 1.82) is 0 Å². The summed E-state index contributed by atoms with van der Waals surface area (Å²) in [6.07, 6.45) is 0.840. The van der Waals surface area contributed by atoms with Gasteiger partial charge < -0.3 is 9.32 Å². The van der Waals surface area contributed by atoms with E-state index in [2.05, 4.69) is 119 Å². The first-order chi connectivity index (χ1) is 18.0. The molecular formula is C35H35NO2. The zero-order valence-corrected chi connectivity index (χ0v) is 23.1. The van der Waals surface area contributed by atoms with Crippen LogP contribution in [0.1, 0.15) is 63.0 Å². The molecule has 0 radical (unpaired) electrons. The van der Waals surface area contributed by atoms with Gasteiger partial charge in [-0.15, -0.1) is 0 Å². The van der Waals surface area contributed by atoms with Crippen LogP contribution in [0.15, 0.2) is 101 Å². The van der Waals surface area contributed by atoms with Gasteiger partial charge in [-0.05, 0) is 82.6 Å². The highest BCUT2D eigenvalue weighted by molar-refractivity contribution is 5.88. The summed E-state index contributed by atoms with van der Waals surface area (Å²) < 4.78 is 6.08. The predicted molar refractivity (Wildman–Crippen MR) is 159 cm³/mol. The van der Waals surface area contributed by atoms with E-state index in [4.69, 9.17) is 4.42 Å². The van der Waals surface area contributed by atoms with E-state index in [1.807, 2.05) is 18.2 Å². The molecule has 0 bridgehead atoms. The number of hydrogen-bond acceptors (Lipinski definition) is 3. The summed E-state index contributed by atoms with van der Waals surface area (Å²) >= 11 is 0. The molecule has 0 saturated heterocycles. The summed E-state index contributed by atoms with van der Waals surface area (Å²) in [4.78, 5) is 13.4. The Morgan fingerprint density at radius 3 is 1.53 bits per heavy atom. The lowest BCUT2D eigenvalue weighted by atomic mass is 9.86. The quantitative estimate of drug-likeness (QED) is 0.225. The molecule has 0 aliphatic heterocycles. The standard InChI is InChI=1S/C35H35NO2/c1-34(2,3)27-11-17-30(18-12-27)36(31-19-13-28(14-20-31)35(4,5)6)29-15-9-25(10-16-29)33-22-26-8-7-24(23-37)21-32(26)38-33/h7-23H,1-6H3. The van der Waals surface area contributed by atoms with Crippen LogP contribution in [0.3, 0.4) is 0 Å². The van der Waals surface area contributed by atoms with Crippen LogP contribution in [0.2, 0.25) is 0 Å². The first-order valence-electron chi connectivity index (χ1n) is 13.1. The Balaban J connectivity index is 1.54.